The zero-order valence-electron chi connectivity index (χ0n) is 21.1. The number of benzene rings is 4. The highest BCUT2D eigenvalue weighted by Crippen LogP contribution is 2.38. The van der Waals surface area contributed by atoms with Gasteiger partial charge in [-0.15, -0.1) is 0 Å². The summed E-state index contributed by atoms with van der Waals surface area (Å²) in [5, 5.41) is 83.0. The third-order valence-electron chi connectivity index (χ3n) is 6.42. The standard InChI is InChI=1S/C30H20N2O10/c31-10-19-4-16(7-22(25(19)34)28(37)38)13-1-14(17-5-20(11-32)26(35)23(8-17)29(39)40)3-15(2-13)18-6-21(12-33)27(36)24(9-18)30(41)42/h1-12,31-32,34-36H,(H,37,38)(H,39,40)(H,41,42)/p-4. The molecule has 0 fully saturated rings. The predicted octanol–water partition coefficient (Wildman–Crippen LogP) is 0.773. The minimum absolute atomic E-state index is 0.0383. The molecule has 12 heteroatoms. The van der Waals surface area contributed by atoms with Gasteiger partial charge in [0, 0.05) is 23.6 Å². The fourth-order valence-corrected chi connectivity index (χ4v) is 4.36. The summed E-state index contributed by atoms with van der Waals surface area (Å²) in [6, 6.07) is 11.0. The van der Waals surface area contributed by atoms with Crippen LogP contribution in [0.2, 0.25) is 0 Å². The molecule has 0 atom stereocenters. The van der Waals surface area contributed by atoms with E-state index in [1.54, 1.807) is 0 Å². The number of aromatic carboxylic acids is 3. The van der Waals surface area contributed by atoms with E-state index in [-0.39, 0.29) is 50.8 Å². The van der Waals surface area contributed by atoms with Crippen molar-refractivity contribution in [1.29, 1.82) is 10.8 Å². The van der Waals surface area contributed by atoms with Crippen molar-refractivity contribution in [2.45, 2.75) is 0 Å². The first-order valence-corrected chi connectivity index (χ1v) is 11.8. The van der Waals surface area contributed by atoms with Crippen LogP contribution in [0.3, 0.4) is 0 Å². The molecule has 0 aliphatic heterocycles. The molecule has 0 aliphatic carbocycles. The maximum atomic E-state index is 12.4. The molecule has 0 spiro atoms. The van der Waals surface area contributed by atoms with Crippen LogP contribution >= 0.6 is 0 Å². The Kier molecular flexibility index (Phi) is 7.56. The lowest BCUT2D eigenvalue weighted by Crippen LogP contribution is -2.24. The number of carbonyl (C=O) groups is 4. The second kappa shape index (κ2) is 11.1. The van der Waals surface area contributed by atoms with Gasteiger partial charge in [-0.05, 0) is 105 Å². The molecule has 0 aromatic heterocycles. The van der Waals surface area contributed by atoms with Crippen molar-refractivity contribution in [3.63, 3.8) is 0 Å². The van der Waals surface area contributed by atoms with Crippen LogP contribution < -0.4 is 20.4 Å². The van der Waals surface area contributed by atoms with Gasteiger partial charge in [-0.25, -0.2) is 4.79 Å². The number of carboxylic acids is 3. The second-order valence-electron chi connectivity index (χ2n) is 8.93. The molecule has 0 unspecified atom stereocenters. The molecule has 0 radical (unpaired) electrons. The smallest absolute Gasteiger partial charge is 0.339 e. The first kappa shape index (κ1) is 28.7. The molecule has 4 N–H and O–H groups in total. The number of hydrogen-bond donors (Lipinski definition) is 4. The number of carboxylic acid groups (broad SMARTS) is 3. The Morgan fingerprint density at radius 2 is 0.952 bits per heavy atom. The van der Waals surface area contributed by atoms with Gasteiger partial charge in [-0.1, -0.05) is 11.5 Å². The van der Waals surface area contributed by atoms with Crippen LogP contribution in [0.25, 0.3) is 33.4 Å². The number of carbonyl (C=O) groups excluding carboxylic acids is 3. The van der Waals surface area contributed by atoms with Gasteiger partial charge in [0.05, 0.1) is 11.9 Å². The zero-order valence-corrected chi connectivity index (χ0v) is 21.1. The molecule has 0 amide bonds. The van der Waals surface area contributed by atoms with Crippen molar-refractivity contribution in [1.82, 2.24) is 0 Å². The van der Waals surface area contributed by atoms with Crippen molar-refractivity contribution in [2.24, 2.45) is 0 Å². The fraction of sp³-hybridized carbons (Fsp3) is 0. The van der Waals surface area contributed by atoms with E-state index in [4.69, 9.17) is 10.8 Å². The van der Waals surface area contributed by atoms with Gasteiger partial charge in [-0.2, -0.15) is 0 Å². The molecular weight excluding hydrogens is 548 g/mol. The number of hydrogen-bond acceptors (Lipinski definition) is 11. The van der Waals surface area contributed by atoms with Crippen molar-refractivity contribution >= 4 is 36.6 Å². The largest absolute Gasteiger partial charge is 0.872 e. The Morgan fingerprint density at radius 3 is 1.33 bits per heavy atom. The van der Waals surface area contributed by atoms with E-state index in [1.807, 2.05) is 0 Å². The van der Waals surface area contributed by atoms with Crippen molar-refractivity contribution in [2.75, 3.05) is 0 Å². The van der Waals surface area contributed by atoms with E-state index < -0.39 is 57.4 Å². The Balaban J connectivity index is 2.12. The van der Waals surface area contributed by atoms with E-state index in [0.717, 1.165) is 30.5 Å². The lowest BCUT2D eigenvalue weighted by atomic mass is 9.89. The zero-order chi connectivity index (χ0) is 30.9. The molecule has 12 nitrogen and oxygen atoms in total. The minimum atomic E-state index is -1.85. The number of aldehydes is 1. The highest BCUT2D eigenvalue weighted by molar-refractivity contribution is 6.00. The van der Waals surface area contributed by atoms with E-state index in [2.05, 4.69) is 0 Å². The molecule has 4 aromatic carbocycles. The molecule has 0 aliphatic rings. The summed E-state index contributed by atoms with van der Waals surface area (Å²) in [6.45, 7) is 0. The average molecular weight is 564 g/mol. The number of phenols is 1. The third-order valence-corrected chi connectivity index (χ3v) is 6.42. The molecule has 0 saturated carbocycles. The van der Waals surface area contributed by atoms with Gasteiger partial charge >= 0.3 is 5.97 Å². The molecule has 4 aromatic rings. The van der Waals surface area contributed by atoms with E-state index in [1.165, 1.54) is 30.3 Å². The van der Waals surface area contributed by atoms with E-state index in [9.17, 15) is 49.8 Å². The maximum Gasteiger partial charge on any atom is 0.339 e. The molecule has 210 valence electrons. The quantitative estimate of drug-likeness (QED) is 0.164. The monoisotopic (exact) mass is 564 g/mol. The van der Waals surface area contributed by atoms with Gasteiger partial charge in [0.2, 0.25) is 0 Å². The van der Waals surface area contributed by atoms with Crippen molar-refractivity contribution < 1.29 is 49.8 Å². The van der Waals surface area contributed by atoms with Crippen LogP contribution in [-0.2, 0) is 0 Å². The van der Waals surface area contributed by atoms with Gasteiger partial charge in [-0.3, -0.25) is 4.79 Å². The number of rotatable bonds is 9. The molecule has 0 bridgehead atoms. The summed E-state index contributed by atoms with van der Waals surface area (Å²) in [6.07, 6.45) is 1.53. The summed E-state index contributed by atoms with van der Waals surface area (Å²) in [5.41, 5.74) is -2.22. The Morgan fingerprint density at radius 1 is 0.595 bits per heavy atom. The topological polar surface area (TPSA) is 249 Å². The predicted molar refractivity (Wildman–Crippen MR) is 140 cm³/mol. The average Bonchev–Trinajstić information content (AvgIpc) is 2.96. The first-order chi connectivity index (χ1) is 19.9. The Bertz CT molecular complexity index is 1630. The summed E-state index contributed by atoms with van der Waals surface area (Å²) in [5.74, 6) is -7.87. The first-order valence-electron chi connectivity index (χ1n) is 11.8. The van der Waals surface area contributed by atoms with Crippen LogP contribution in [0.5, 0.6) is 17.2 Å². The van der Waals surface area contributed by atoms with Crippen LogP contribution in [0, 0.1) is 10.8 Å². The highest BCUT2D eigenvalue weighted by Gasteiger charge is 2.18. The van der Waals surface area contributed by atoms with Crippen molar-refractivity contribution in [3.05, 3.63) is 88.0 Å². The van der Waals surface area contributed by atoms with Gasteiger partial charge in [0.15, 0.2) is 0 Å². The number of aromatic hydroxyl groups is 1. The van der Waals surface area contributed by atoms with Crippen LogP contribution in [0.1, 0.15) is 52.6 Å². The van der Waals surface area contributed by atoms with Gasteiger partial charge < -0.3 is 51.0 Å². The highest BCUT2D eigenvalue weighted by atomic mass is 16.4. The second-order valence-corrected chi connectivity index (χ2v) is 8.93. The molecular formula is C30H16N2O10-4. The Hall–Kier alpha value is -6.30. The molecule has 0 saturated heterocycles. The maximum absolute atomic E-state index is 12.4. The molecule has 0 heterocycles. The van der Waals surface area contributed by atoms with E-state index >= 15 is 0 Å². The SMILES string of the molecule is N=Cc1cc(-c2cc(-c3cc(C=O)c([O-])c(C(=O)[O-])c3)cc(-c3cc(C=N)c(O)c(C(=O)O)c3)c2)cc(C(=O)[O-])c1[O-]. The summed E-state index contributed by atoms with van der Waals surface area (Å²) in [7, 11) is 0. The lowest BCUT2D eigenvalue weighted by molar-refractivity contribution is -0.277. The fourth-order valence-electron chi connectivity index (χ4n) is 4.36. The van der Waals surface area contributed by atoms with E-state index in [0.29, 0.717) is 6.21 Å². The van der Waals surface area contributed by atoms with Crippen LogP contribution in [0.4, 0.5) is 0 Å². The normalized spacial score (nSPS) is 10.6. The van der Waals surface area contributed by atoms with Gasteiger partial charge in [0.1, 0.15) is 17.6 Å². The Labute approximate surface area is 236 Å². The summed E-state index contributed by atoms with van der Waals surface area (Å²) >= 11 is 0. The molecule has 42 heavy (non-hydrogen) atoms. The lowest BCUT2D eigenvalue weighted by Gasteiger charge is -2.21. The van der Waals surface area contributed by atoms with Crippen LogP contribution in [-0.4, -0.2) is 46.8 Å². The summed E-state index contributed by atoms with van der Waals surface area (Å²) in [4.78, 5) is 46.6. The third kappa shape index (κ3) is 5.14. The van der Waals surface area contributed by atoms with Crippen LogP contribution in [0.15, 0.2) is 54.6 Å². The van der Waals surface area contributed by atoms with Gasteiger partial charge in [0.25, 0.3) is 0 Å². The van der Waals surface area contributed by atoms with Crippen molar-refractivity contribution in [3.8, 4) is 50.6 Å². The summed E-state index contributed by atoms with van der Waals surface area (Å²) < 4.78 is 0. The minimum Gasteiger partial charge on any atom is -0.872 e. The molecule has 4 rings (SSSR count). The number of nitrogens with one attached hydrogen (secondary N) is 2.